The van der Waals surface area contributed by atoms with Crippen molar-refractivity contribution in [2.75, 3.05) is 23.3 Å². The average Bonchev–Trinajstić information content (AvgIpc) is 3.20. The summed E-state index contributed by atoms with van der Waals surface area (Å²) in [6.07, 6.45) is 4.66. The molecule has 2 fully saturated rings. The van der Waals surface area contributed by atoms with Gasteiger partial charge in [0.2, 0.25) is 5.91 Å². The van der Waals surface area contributed by atoms with E-state index < -0.39 is 6.04 Å². The second kappa shape index (κ2) is 7.43. The number of carbonyl (C=O) groups is 1. The summed E-state index contributed by atoms with van der Waals surface area (Å²) in [5.41, 5.74) is 2.95. The highest BCUT2D eigenvalue weighted by Crippen LogP contribution is 2.33. The molecule has 0 radical (unpaired) electrons. The minimum atomic E-state index is -0.398. The van der Waals surface area contributed by atoms with Crippen LogP contribution in [-0.4, -0.2) is 30.0 Å². The number of aromatic nitrogens is 1. The van der Waals surface area contributed by atoms with Gasteiger partial charge in [-0.15, -0.1) is 0 Å². The second-order valence-corrected chi connectivity index (χ2v) is 8.65. The fourth-order valence-corrected chi connectivity index (χ4v) is 4.73. The molecule has 1 aromatic heterocycles. The van der Waals surface area contributed by atoms with Gasteiger partial charge in [0.15, 0.2) is 5.13 Å². The number of fused-ring (bicyclic) bond motifs is 1. The lowest BCUT2D eigenvalue weighted by atomic mass is 10.1. The van der Waals surface area contributed by atoms with Crippen molar-refractivity contribution in [1.29, 1.82) is 0 Å². The Balaban J connectivity index is 1.41. The van der Waals surface area contributed by atoms with Crippen LogP contribution < -0.4 is 15.5 Å². The van der Waals surface area contributed by atoms with Crippen molar-refractivity contribution in [3.8, 4) is 0 Å². The molecule has 5 nitrogen and oxygen atoms in total. The molecule has 0 bridgehead atoms. The molecule has 1 aliphatic carbocycles. The lowest BCUT2D eigenvalue weighted by Crippen LogP contribution is -2.34. The van der Waals surface area contributed by atoms with Crippen molar-refractivity contribution in [2.45, 2.75) is 37.8 Å². The smallest absolute Gasteiger partial charge is 0.247 e. The highest BCUT2D eigenvalue weighted by molar-refractivity contribution is 7.22. The lowest BCUT2D eigenvalue weighted by Gasteiger charge is -2.20. The zero-order chi connectivity index (χ0) is 18.9. The Morgan fingerprint density at radius 1 is 1.11 bits per heavy atom. The third-order valence-electron chi connectivity index (χ3n) is 5.38. The highest BCUT2D eigenvalue weighted by Gasteiger charge is 2.28. The molecule has 2 aliphatic rings. The summed E-state index contributed by atoms with van der Waals surface area (Å²) in [5, 5.41) is 7.69. The molecule has 28 heavy (non-hydrogen) atoms. The van der Waals surface area contributed by atoms with E-state index >= 15 is 0 Å². The van der Waals surface area contributed by atoms with Gasteiger partial charge in [-0.05, 0) is 49.4 Å². The molecule has 2 aromatic carbocycles. The number of hydrogen-bond acceptors (Lipinski definition) is 5. The molecule has 1 saturated heterocycles. The van der Waals surface area contributed by atoms with E-state index in [9.17, 15) is 4.79 Å². The van der Waals surface area contributed by atoms with Crippen LogP contribution in [-0.2, 0) is 4.79 Å². The average molecular weight is 393 g/mol. The number of rotatable bonds is 6. The third-order valence-corrected chi connectivity index (χ3v) is 6.46. The topological polar surface area (TPSA) is 57.3 Å². The molecule has 1 unspecified atom stereocenters. The maximum absolute atomic E-state index is 12.9. The van der Waals surface area contributed by atoms with Crippen LogP contribution in [0.15, 0.2) is 48.5 Å². The molecule has 2 heterocycles. The van der Waals surface area contributed by atoms with Crippen LogP contribution >= 0.6 is 11.3 Å². The summed E-state index contributed by atoms with van der Waals surface area (Å²) in [6.45, 7) is 2.20. The number of hydrogen-bond donors (Lipinski definition) is 2. The molecule has 6 heteroatoms. The second-order valence-electron chi connectivity index (χ2n) is 7.64. The van der Waals surface area contributed by atoms with Crippen LogP contribution in [0.4, 0.5) is 10.8 Å². The van der Waals surface area contributed by atoms with Gasteiger partial charge in [-0.2, -0.15) is 0 Å². The third kappa shape index (κ3) is 3.69. The van der Waals surface area contributed by atoms with Crippen LogP contribution in [0.1, 0.15) is 37.3 Å². The van der Waals surface area contributed by atoms with Crippen molar-refractivity contribution >= 4 is 38.3 Å². The molecular weight excluding hydrogens is 368 g/mol. The van der Waals surface area contributed by atoms with E-state index in [1.54, 1.807) is 11.3 Å². The van der Waals surface area contributed by atoms with E-state index in [0.29, 0.717) is 6.04 Å². The van der Waals surface area contributed by atoms with E-state index in [2.05, 4.69) is 27.7 Å². The minimum absolute atomic E-state index is 0.0378. The zero-order valence-corrected chi connectivity index (χ0v) is 16.5. The minimum Gasteiger partial charge on any atom is -0.370 e. The summed E-state index contributed by atoms with van der Waals surface area (Å²) < 4.78 is 1.15. The van der Waals surface area contributed by atoms with Gasteiger partial charge in [0.1, 0.15) is 6.04 Å². The summed E-state index contributed by atoms with van der Waals surface area (Å²) >= 11 is 1.73. The highest BCUT2D eigenvalue weighted by atomic mass is 32.1. The van der Waals surface area contributed by atoms with Crippen molar-refractivity contribution in [2.24, 2.45) is 0 Å². The van der Waals surface area contributed by atoms with E-state index in [0.717, 1.165) is 52.5 Å². The van der Waals surface area contributed by atoms with Gasteiger partial charge >= 0.3 is 0 Å². The maximum Gasteiger partial charge on any atom is 0.247 e. The Bertz CT molecular complexity index is 977. The molecule has 1 atom stereocenters. The van der Waals surface area contributed by atoms with Crippen molar-refractivity contribution in [1.82, 2.24) is 10.3 Å². The Kier molecular flexibility index (Phi) is 4.64. The van der Waals surface area contributed by atoms with E-state index in [1.165, 1.54) is 12.8 Å². The first-order chi connectivity index (χ1) is 13.8. The largest absolute Gasteiger partial charge is 0.370 e. The summed E-state index contributed by atoms with van der Waals surface area (Å²) in [7, 11) is 0. The predicted molar refractivity (Wildman–Crippen MR) is 115 cm³/mol. The number of thiazole rings is 1. The Labute approximate surface area is 168 Å². The van der Waals surface area contributed by atoms with Gasteiger partial charge in [0.25, 0.3) is 0 Å². The van der Waals surface area contributed by atoms with Crippen LogP contribution in [0.25, 0.3) is 10.2 Å². The normalized spacial score (nSPS) is 17.6. The summed E-state index contributed by atoms with van der Waals surface area (Å²) in [6, 6.07) is 16.1. The van der Waals surface area contributed by atoms with Crippen LogP contribution in [0, 0.1) is 0 Å². The van der Waals surface area contributed by atoms with Crippen molar-refractivity contribution in [3.05, 3.63) is 54.1 Å². The standard InChI is InChI=1S/C22H24N4OS/c27-21(24-16-8-9-16)20(15-6-2-1-3-7-15)23-17-10-11-18-19(14-17)28-22(25-18)26-12-4-5-13-26/h1-3,6-7,10-11,14,16,20,23H,4-5,8-9,12-13H2,(H,24,27). The van der Waals surface area contributed by atoms with Crippen LogP contribution in [0.2, 0.25) is 0 Å². The molecule has 2 N–H and O–H groups in total. The maximum atomic E-state index is 12.9. The van der Waals surface area contributed by atoms with Crippen LogP contribution in [0.3, 0.4) is 0 Å². The van der Waals surface area contributed by atoms with Gasteiger partial charge in [-0.1, -0.05) is 41.7 Å². The van der Waals surface area contributed by atoms with E-state index in [-0.39, 0.29) is 5.91 Å². The number of anilines is 2. The first-order valence-corrected chi connectivity index (χ1v) is 10.9. The Morgan fingerprint density at radius 3 is 2.64 bits per heavy atom. The Hall–Kier alpha value is -2.60. The van der Waals surface area contributed by atoms with E-state index in [4.69, 9.17) is 4.98 Å². The number of carbonyl (C=O) groups excluding carboxylic acids is 1. The Morgan fingerprint density at radius 2 is 1.89 bits per heavy atom. The molecule has 1 amide bonds. The first kappa shape index (κ1) is 17.5. The quantitative estimate of drug-likeness (QED) is 0.656. The van der Waals surface area contributed by atoms with Gasteiger partial charge in [0, 0.05) is 24.8 Å². The number of amides is 1. The lowest BCUT2D eigenvalue weighted by molar-refractivity contribution is -0.122. The molecule has 1 aliphatic heterocycles. The number of nitrogens with one attached hydrogen (secondary N) is 2. The van der Waals surface area contributed by atoms with Gasteiger partial charge in [-0.3, -0.25) is 4.79 Å². The molecular formula is C22H24N4OS. The van der Waals surface area contributed by atoms with Crippen molar-refractivity contribution < 1.29 is 4.79 Å². The first-order valence-electron chi connectivity index (χ1n) is 10.0. The van der Waals surface area contributed by atoms with E-state index in [1.807, 2.05) is 36.4 Å². The monoisotopic (exact) mass is 392 g/mol. The molecule has 144 valence electrons. The SMILES string of the molecule is O=C(NC1CC1)C(Nc1ccc2nc(N3CCCC3)sc2c1)c1ccccc1. The zero-order valence-electron chi connectivity index (χ0n) is 15.7. The molecule has 0 spiro atoms. The molecule has 3 aromatic rings. The van der Waals surface area contributed by atoms with Gasteiger partial charge < -0.3 is 15.5 Å². The predicted octanol–water partition coefficient (Wildman–Crippen LogP) is 4.33. The summed E-state index contributed by atoms with van der Waals surface area (Å²) in [4.78, 5) is 20.0. The summed E-state index contributed by atoms with van der Waals surface area (Å²) in [5.74, 6) is 0.0378. The number of nitrogens with zero attached hydrogens (tertiary/aromatic N) is 2. The van der Waals surface area contributed by atoms with Crippen LogP contribution in [0.5, 0.6) is 0 Å². The fraction of sp³-hybridized carbons (Fsp3) is 0.364. The fourth-order valence-electron chi connectivity index (χ4n) is 3.67. The van der Waals surface area contributed by atoms with Crippen molar-refractivity contribution in [3.63, 3.8) is 0 Å². The number of benzene rings is 2. The van der Waals surface area contributed by atoms with Gasteiger partial charge in [-0.25, -0.2) is 4.98 Å². The molecule has 1 saturated carbocycles. The molecule has 5 rings (SSSR count). The van der Waals surface area contributed by atoms with Gasteiger partial charge in [0.05, 0.1) is 10.2 Å².